The summed E-state index contributed by atoms with van der Waals surface area (Å²) in [5.41, 5.74) is 0.908. The van der Waals surface area contributed by atoms with Crippen molar-refractivity contribution in [2.45, 2.75) is 63.8 Å². The molecule has 1 aromatic rings. The molecule has 1 N–H and O–H groups in total. The largest absolute Gasteiger partial charge is 0.416 e. The van der Waals surface area contributed by atoms with Crippen molar-refractivity contribution < 1.29 is 22.7 Å². The highest BCUT2D eigenvalue weighted by Crippen LogP contribution is 2.34. The first kappa shape index (κ1) is 20.7. The van der Waals surface area contributed by atoms with Gasteiger partial charge in [-0.1, -0.05) is 13.0 Å². The molecule has 2 fully saturated rings. The molecule has 4 atom stereocenters. The van der Waals surface area contributed by atoms with Crippen LogP contribution in [0, 0.1) is 11.8 Å². The quantitative estimate of drug-likeness (QED) is 0.825. The SMILES string of the molecule is C[C@@H]1COCC[C@@H]1N[C@@H]1CCC(C(=O)N2CCc3ccc(C(F)(F)F)cc3C2)C1. The summed E-state index contributed by atoms with van der Waals surface area (Å²) >= 11 is 0. The van der Waals surface area contributed by atoms with Gasteiger partial charge in [0.05, 0.1) is 12.2 Å². The molecule has 0 bridgehead atoms. The highest BCUT2D eigenvalue weighted by atomic mass is 19.4. The predicted octanol–water partition coefficient (Wildman–Crippen LogP) is 3.77. The van der Waals surface area contributed by atoms with Crippen LogP contribution < -0.4 is 5.32 Å². The molecule has 1 saturated carbocycles. The number of ether oxygens (including phenoxy) is 1. The number of nitrogens with one attached hydrogen (secondary N) is 1. The lowest BCUT2D eigenvalue weighted by Crippen LogP contribution is -2.46. The number of fused-ring (bicyclic) bond motifs is 1. The number of benzene rings is 1. The molecule has 160 valence electrons. The van der Waals surface area contributed by atoms with E-state index in [1.54, 1.807) is 11.0 Å². The number of amides is 1. The first-order valence-electron chi connectivity index (χ1n) is 10.6. The lowest BCUT2D eigenvalue weighted by molar-refractivity contribution is -0.137. The Hall–Kier alpha value is -1.60. The van der Waals surface area contributed by atoms with Gasteiger partial charge in [0.2, 0.25) is 5.91 Å². The van der Waals surface area contributed by atoms with Crippen molar-refractivity contribution in [1.29, 1.82) is 0 Å². The maximum Gasteiger partial charge on any atom is 0.416 e. The van der Waals surface area contributed by atoms with Gasteiger partial charge in [0, 0.05) is 37.7 Å². The fraction of sp³-hybridized carbons (Fsp3) is 0.682. The van der Waals surface area contributed by atoms with Crippen LogP contribution in [0.1, 0.15) is 49.3 Å². The summed E-state index contributed by atoms with van der Waals surface area (Å²) in [4.78, 5) is 14.8. The van der Waals surface area contributed by atoms with E-state index in [1.807, 2.05) is 0 Å². The Morgan fingerprint density at radius 2 is 2.03 bits per heavy atom. The molecule has 4 nitrogen and oxygen atoms in total. The van der Waals surface area contributed by atoms with Crippen molar-refractivity contribution in [2.24, 2.45) is 11.8 Å². The maximum absolute atomic E-state index is 13.1. The van der Waals surface area contributed by atoms with Gasteiger partial charge in [0.15, 0.2) is 0 Å². The Balaban J connectivity index is 1.36. The van der Waals surface area contributed by atoms with Crippen molar-refractivity contribution in [1.82, 2.24) is 10.2 Å². The molecule has 1 unspecified atom stereocenters. The molecule has 0 radical (unpaired) electrons. The smallest absolute Gasteiger partial charge is 0.381 e. The summed E-state index contributed by atoms with van der Waals surface area (Å²) in [5.74, 6) is 0.535. The summed E-state index contributed by atoms with van der Waals surface area (Å²) in [7, 11) is 0. The number of hydrogen-bond acceptors (Lipinski definition) is 3. The Labute approximate surface area is 169 Å². The monoisotopic (exact) mass is 410 g/mol. The van der Waals surface area contributed by atoms with Crippen LogP contribution in [-0.4, -0.2) is 42.6 Å². The van der Waals surface area contributed by atoms with Gasteiger partial charge < -0.3 is 15.0 Å². The van der Waals surface area contributed by atoms with E-state index < -0.39 is 11.7 Å². The Morgan fingerprint density at radius 3 is 2.79 bits per heavy atom. The van der Waals surface area contributed by atoms with E-state index in [4.69, 9.17) is 4.74 Å². The molecule has 1 aromatic carbocycles. The molecule has 3 aliphatic rings. The molecule has 4 rings (SSSR count). The fourth-order valence-corrected chi connectivity index (χ4v) is 4.97. The van der Waals surface area contributed by atoms with Crippen molar-refractivity contribution in [3.63, 3.8) is 0 Å². The number of nitrogens with zero attached hydrogens (tertiary/aromatic N) is 1. The number of rotatable bonds is 3. The lowest BCUT2D eigenvalue weighted by Gasteiger charge is -2.33. The zero-order chi connectivity index (χ0) is 20.6. The van der Waals surface area contributed by atoms with Crippen LogP contribution in [0.2, 0.25) is 0 Å². The third kappa shape index (κ3) is 4.61. The zero-order valence-electron chi connectivity index (χ0n) is 16.8. The molecule has 2 heterocycles. The number of carbonyl (C=O) groups is 1. The van der Waals surface area contributed by atoms with Crippen LogP contribution in [0.4, 0.5) is 13.2 Å². The second-order valence-electron chi connectivity index (χ2n) is 8.81. The minimum absolute atomic E-state index is 0.0324. The highest BCUT2D eigenvalue weighted by Gasteiger charge is 2.36. The first-order chi connectivity index (χ1) is 13.8. The molecule has 7 heteroatoms. The molecule has 1 amide bonds. The minimum atomic E-state index is -4.35. The van der Waals surface area contributed by atoms with Crippen LogP contribution in [-0.2, 0) is 28.7 Å². The average molecular weight is 410 g/mol. The summed E-state index contributed by atoms with van der Waals surface area (Å²) < 4.78 is 44.6. The molecule has 1 saturated heterocycles. The second kappa shape index (κ2) is 8.26. The Morgan fingerprint density at radius 1 is 1.21 bits per heavy atom. The molecular formula is C22H29F3N2O2. The molecule has 1 aliphatic carbocycles. The third-order valence-electron chi connectivity index (χ3n) is 6.73. The molecule has 29 heavy (non-hydrogen) atoms. The summed E-state index contributed by atoms with van der Waals surface area (Å²) in [6, 6.07) is 4.68. The topological polar surface area (TPSA) is 41.6 Å². The summed E-state index contributed by atoms with van der Waals surface area (Å²) in [6.07, 6.45) is -0.0983. The van der Waals surface area contributed by atoms with E-state index in [-0.39, 0.29) is 18.4 Å². The highest BCUT2D eigenvalue weighted by molar-refractivity contribution is 5.79. The van der Waals surface area contributed by atoms with Crippen molar-refractivity contribution in [3.05, 3.63) is 34.9 Å². The van der Waals surface area contributed by atoms with Crippen LogP contribution in [0.25, 0.3) is 0 Å². The predicted molar refractivity (Wildman–Crippen MR) is 103 cm³/mol. The van der Waals surface area contributed by atoms with Crippen LogP contribution in [0.5, 0.6) is 0 Å². The second-order valence-corrected chi connectivity index (χ2v) is 8.81. The molecule has 0 aromatic heterocycles. The van der Waals surface area contributed by atoms with Crippen LogP contribution in [0.15, 0.2) is 18.2 Å². The molecular weight excluding hydrogens is 381 g/mol. The van der Waals surface area contributed by atoms with Gasteiger partial charge in [0.25, 0.3) is 0 Å². The van der Waals surface area contributed by atoms with Crippen molar-refractivity contribution in [3.8, 4) is 0 Å². The first-order valence-corrected chi connectivity index (χ1v) is 10.6. The van der Waals surface area contributed by atoms with Crippen LogP contribution in [0.3, 0.4) is 0 Å². The number of hydrogen-bond donors (Lipinski definition) is 1. The zero-order valence-corrected chi connectivity index (χ0v) is 16.8. The van der Waals surface area contributed by atoms with Gasteiger partial charge in [-0.15, -0.1) is 0 Å². The van der Waals surface area contributed by atoms with E-state index in [9.17, 15) is 18.0 Å². The Bertz CT molecular complexity index is 752. The van der Waals surface area contributed by atoms with Crippen molar-refractivity contribution in [2.75, 3.05) is 19.8 Å². The number of alkyl halides is 3. The fourth-order valence-electron chi connectivity index (χ4n) is 4.97. The summed E-state index contributed by atoms with van der Waals surface area (Å²) in [5, 5.41) is 3.72. The normalized spacial score (nSPS) is 30.3. The van der Waals surface area contributed by atoms with Gasteiger partial charge in [0.1, 0.15) is 0 Å². The number of carbonyl (C=O) groups excluding carboxylic acids is 1. The average Bonchev–Trinajstić information content (AvgIpc) is 3.16. The van der Waals surface area contributed by atoms with E-state index >= 15 is 0 Å². The summed E-state index contributed by atoms with van der Waals surface area (Å²) in [6.45, 7) is 4.62. The van der Waals surface area contributed by atoms with Crippen molar-refractivity contribution >= 4 is 5.91 Å². The minimum Gasteiger partial charge on any atom is -0.381 e. The van der Waals surface area contributed by atoms with Gasteiger partial charge in [-0.25, -0.2) is 0 Å². The van der Waals surface area contributed by atoms with Gasteiger partial charge in [-0.2, -0.15) is 13.2 Å². The van der Waals surface area contributed by atoms with Gasteiger partial charge in [-0.05, 0) is 61.3 Å². The van der Waals surface area contributed by atoms with Gasteiger partial charge in [-0.3, -0.25) is 4.79 Å². The van der Waals surface area contributed by atoms with E-state index in [2.05, 4.69) is 12.2 Å². The van der Waals surface area contributed by atoms with E-state index in [1.165, 1.54) is 6.07 Å². The van der Waals surface area contributed by atoms with Crippen LogP contribution >= 0.6 is 0 Å². The number of halogens is 3. The lowest BCUT2D eigenvalue weighted by atomic mass is 9.95. The van der Waals surface area contributed by atoms with Gasteiger partial charge >= 0.3 is 6.18 Å². The van der Waals surface area contributed by atoms with E-state index in [0.29, 0.717) is 36.5 Å². The standard InChI is InChI=1S/C22H29F3N2O2/c1-14-13-29-9-7-20(14)26-19-5-3-16(11-19)21(28)27-8-6-15-2-4-18(22(23,24)25)10-17(15)12-27/h2,4,10,14,16,19-20,26H,3,5-9,11-13H2,1H3/t14-,16?,19-,20+/m1/s1. The third-order valence-corrected chi connectivity index (χ3v) is 6.73. The Kier molecular flexibility index (Phi) is 5.89. The molecule has 2 aliphatic heterocycles. The molecule has 0 spiro atoms. The van der Waals surface area contributed by atoms with E-state index in [0.717, 1.165) is 50.5 Å². The maximum atomic E-state index is 13.1.